The number of aromatic nitrogens is 2. The number of alkyl halides is 3. The van der Waals surface area contributed by atoms with Crippen LogP contribution in [0.5, 0.6) is 0 Å². The molecule has 2 aromatic carbocycles. The smallest absolute Gasteiger partial charge is 0.342 e. The van der Waals surface area contributed by atoms with Crippen molar-refractivity contribution in [2.45, 2.75) is 36.9 Å². The number of aryl methyl sites for hydroxylation is 1. The van der Waals surface area contributed by atoms with E-state index in [1.165, 1.54) is 30.3 Å². The Labute approximate surface area is 181 Å². The van der Waals surface area contributed by atoms with Crippen molar-refractivity contribution in [2.24, 2.45) is 0 Å². The minimum absolute atomic E-state index is 0.0564. The highest BCUT2D eigenvalue weighted by molar-refractivity contribution is 7.90. The molecule has 1 fully saturated rings. The molecule has 11 heteroatoms. The standard InChI is InChI=1S/C20H17ClF3N3O3S/c1-12-5-7-14(8-6-12)31(29,30)27-16-4-2-3-15(21)18(16)19(25-27)26-10-9-13(28)11-17(26)20(22,23)24/h2-8,17H,9-11H2,1H3. The number of carbonyl (C=O) groups excluding carboxylic acids is 1. The van der Waals surface area contributed by atoms with E-state index in [9.17, 15) is 26.4 Å². The monoisotopic (exact) mass is 471 g/mol. The first-order valence-electron chi connectivity index (χ1n) is 9.34. The number of halogens is 4. The first-order valence-corrected chi connectivity index (χ1v) is 11.2. The molecule has 31 heavy (non-hydrogen) atoms. The molecular weight excluding hydrogens is 455 g/mol. The number of ketones is 1. The molecule has 1 aliphatic heterocycles. The molecule has 1 unspecified atom stereocenters. The number of benzene rings is 2. The molecule has 2 heterocycles. The molecule has 0 bridgehead atoms. The fraction of sp³-hybridized carbons (Fsp3) is 0.300. The van der Waals surface area contributed by atoms with E-state index in [4.69, 9.17) is 11.6 Å². The van der Waals surface area contributed by atoms with Crippen molar-refractivity contribution >= 4 is 44.1 Å². The summed E-state index contributed by atoms with van der Waals surface area (Å²) in [5.41, 5.74) is 0.903. The summed E-state index contributed by atoms with van der Waals surface area (Å²) < 4.78 is 68.4. The van der Waals surface area contributed by atoms with Gasteiger partial charge in [-0.1, -0.05) is 35.4 Å². The lowest BCUT2D eigenvalue weighted by Crippen LogP contribution is -2.51. The second-order valence-electron chi connectivity index (χ2n) is 7.36. The van der Waals surface area contributed by atoms with E-state index < -0.39 is 34.4 Å². The normalized spacial score (nSPS) is 18.0. The fourth-order valence-electron chi connectivity index (χ4n) is 3.65. The predicted molar refractivity (Wildman–Crippen MR) is 110 cm³/mol. The third-order valence-electron chi connectivity index (χ3n) is 5.23. The average molecular weight is 472 g/mol. The van der Waals surface area contributed by atoms with Gasteiger partial charge in [-0.2, -0.15) is 25.7 Å². The maximum atomic E-state index is 13.7. The summed E-state index contributed by atoms with van der Waals surface area (Å²) in [5, 5.41) is 4.24. The SMILES string of the molecule is Cc1ccc(S(=O)(=O)n2nc(N3CCC(=O)CC3C(F)(F)F)c3c(Cl)cccc32)cc1. The zero-order chi connectivity index (χ0) is 22.6. The van der Waals surface area contributed by atoms with Gasteiger partial charge in [0.05, 0.1) is 20.8 Å². The summed E-state index contributed by atoms with van der Waals surface area (Å²) in [7, 11) is -4.21. The van der Waals surface area contributed by atoms with Gasteiger partial charge in [0.25, 0.3) is 10.0 Å². The molecule has 4 rings (SSSR count). The van der Waals surface area contributed by atoms with Gasteiger partial charge in [-0.3, -0.25) is 4.79 Å². The highest BCUT2D eigenvalue weighted by atomic mass is 35.5. The van der Waals surface area contributed by atoms with Gasteiger partial charge in [-0.05, 0) is 31.2 Å². The van der Waals surface area contributed by atoms with Gasteiger partial charge < -0.3 is 4.90 Å². The summed E-state index contributed by atoms with van der Waals surface area (Å²) in [6.07, 6.45) is -5.54. The van der Waals surface area contributed by atoms with Crippen molar-refractivity contribution < 1.29 is 26.4 Å². The van der Waals surface area contributed by atoms with Crippen LogP contribution >= 0.6 is 11.6 Å². The Morgan fingerprint density at radius 2 is 1.81 bits per heavy atom. The van der Waals surface area contributed by atoms with Crippen LogP contribution in [0.2, 0.25) is 5.02 Å². The zero-order valence-corrected chi connectivity index (χ0v) is 17.8. The van der Waals surface area contributed by atoms with Gasteiger partial charge in [-0.25, -0.2) is 0 Å². The lowest BCUT2D eigenvalue weighted by molar-refractivity contribution is -0.158. The van der Waals surface area contributed by atoms with Gasteiger partial charge in [0.2, 0.25) is 0 Å². The van der Waals surface area contributed by atoms with Gasteiger partial charge in [-0.15, -0.1) is 5.10 Å². The van der Waals surface area contributed by atoms with Crippen LogP contribution in [0.25, 0.3) is 10.9 Å². The van der Waals surface area contributed by atoms with E-state index >= 15 is 0 Å². The van der Waals surface area contributed by atoms with Gasteiger partial charge in [0, 0.05) is 19.4 Å². The third kappa shape index (κ3) is 3.78. The van der Waals surface area contributed by atoms with Gasteiger partial charge >= 0.3 is 6.18 Å². The summed E-state index contributed by atoms with van der Waals surface area (Å²) in [4.78, 5) is 12.6. The summed E-state index contributed by atoms with van der Waals surface area (Å²) in [5.74, 6) is -0.730. The van der Waals surface area contributed by atoms with Crippen LogP contribution in [0, 0.1) is 6.92 Å². The van der Waals surface area contributed by atoms with Crippen LogP contribution < -0.4 is 4.90 Å². The first-order chi connectivity index (χ1) is 14.5. The Bertz CT molecular complexity index is 1270. The molecule has 164 valence electrons. The Hall–Kier alpha value is -2.59. The highest BCUT2D eigenvalue weighted by Crippen LogP contribution is 2.40. The van der Waals surface area contributed by atoms with E-state index in [0.29, 0.717) is 4.09 Å². The van der Waals surface area contributed by atoms with Gasteiger partial charge in [0.1, 0.15) is 11.8 Å². The molecule has 0 aliphatic carbocycles. The van der Waals surface area contributed by atoms with Crippen LogP contribution in [0.1, 0.15) is 18.4 Å². The number of anilines is 1. The Morgan fingerprint density at radius 3 is 2.45 bits per heavy atom. The molecule has 1 saturated heterocycles. The number of nitrogens with zero attached hydrogens (tertiary/aromatic N) is 3. The molecular formula is C20H17ClF3N3O3S. The highest BCUT2D eigenvalue weighted by Gasteiger charge is 2.48. The molecule has 1 atom stereocenters. The lowest BCUT2D eigenvalue weighted by atomic mass is 10.00. The van der Waals surface area contributed by atoms with Crippen LogP contribution in [-0.4, -0.2) is 42.1 Å². The average Bonchev–Trinajstić information content (AvgIpc) is 3.09. The second-order valence-corrected chi connectivity index (χ2v) is 9.54. The van der Waals surface area contributed by atoms with Crippen molar-refractivity contribution in [2.75, 3.05) is 11.4 Å². The van der Waals surface area contributed by atoms with Crippen LogP contribution in [0.3, 0.4) is 0 Å². The second kappa shape index (κ2) is 7.52. The summed E-state index contributed by atoms with van der Waals surface area (Å²) in [6, 6.07) is 8.31. The van der Waals surface area contributed by atoms with Crippen molar-refractivity contribution in [3.63, 3.8) is 0 Å². The number of carbonyl (C=O) groups is 1. The largest absolute Gasteiger partial charge is 0.409 e. The van der Waals surface area contributed by atoms with E-state index in [1.54, 1.807) is 19.1 Å². The Kier molecular flexibility index (Phi) is 5.25. The predicted octanol–water partition coefficient (Wildman–Crippen LogP) is 4.34. The van der Waals surface area contributed by atoms with E-state index in [2.05, 4.69) is 5.10 Å². The Morgan fingerprint density at radius 1 is 1.13 bits per heavy atom. The molecule has 1 aromatic heterocycles. The number of rotatable bonds is 3. The van der Waals surface area contributed by atoms with Crippen molar-refractivity contribution in [1.29, 1.82) is 0 Å². The fourth-order valence-corrected chi connectivity index (χ4v) is 5.18. The Balaban J connectivity index is 1.94. The number of piperidine rings is 1. The molecule has 3 aromatic rings. The van der Waals surface area contributed by atoms with Crippen LogP contribution in [0.15, 0.2) is 47.4 Å². The molecule has 0 N–H and O–H groups in total. The molecule has 0 amide bonds. The molecule has 0 saturated carbocycles. The minimum atomic E-state index is -4.71. The molecule has 0 spiro atoms. The van der Waals surface area contributed by atoms with Crippen molar-refractivity contribution in [3.05, 3.63) is 53.1 Å². The quantitative estimate of drug-likeness (QED) is 0.568. The third-order valence-corrected chi connectivity index (χ3v) is 7.15. The van der Waals surface area contributed by atoms with E-state index in [-0.39, 0.29) is 39.6 Å². The maximum Gasteiger partial charge on any atom is 0.409 e. The number of hydrogen-bond donors (Lipinski definition) is 0. The van der Waals surface area contributed by atoms with Crippen LogP contribution in [-0.2, 0) is 14.8 Å². The zero-order valence-electron chi connectivity index (χ0n) is 16.2. The van der Waals surface area contributed by atoms with Gasteiger partial charge in [0.15, 0.2) is 5.82 Å². The van der Waals surface area contributed by atoms with Crippen molar-refractivity contribution in [1.82, 2.24) is 9.19 Å². The molecule has 0 radical (unpaired) electrons. The topological polar surface area (TPSA) is 72.3 Å². The molecule has 1 aliphatic rings. The maximum absolute atomic E-state index is 13.7. The lowest BCUT2D eigenvalue weighted by Gasteiger charge is -2.36. The van der Waals surface area contributed by atoms with E-state index in [0.717, 1.165) is 10.5 Å². The number of Topliss-reactive ketones (excluding diaryl/α,β-unsaturated/α-hetero) is 1. The molecule has 6 nitrogen and oxygen atoms in total. The first kappa shape index (κ1) is 21.6. The van der Waals surface area contributed by atoms with Crippen molar-refractivity contribution in [3.8, 4) is 0 Å². The summed E-state index contributed by atoms with van der Waals surface area (Å²) in [6.45, 7) is 1.55. The summed E-state index contributed by atoms with van der Waals surface area (Å²) >= 11 is 6.28. The van der Waals surface area contributed by atoms with Crippen LogP contribution in [0.4, 0.5) is 19.0 Å². The number of hydrogen-bond acceptors (Lipinski definition) is 5. The van der Waals surface area contributed by atoms with E-state index in [1.807, 2.05) is 0 Å². The minimum Gasteiger partial charge on any atom is -0.342 e. The number of fused-ring (bicyclic) bond motifs is 1.